The summed E-state index contributed by atoms with van der Waals surface area (Å²) in [7, 11) is 2.31. The molecule has 0 fully saturated rings. The number of methoxy groups -OCH3 is 2. The number of nitrogens with zero attached hydrogens (tertiary/aromatic N) is 1. The number of phenols is 3. The van der Waals surface area contributed by atoms with E-state index < -0.39 is 46.1 Å². The number of rotatable bonds is 5. The first-order valence-electron chi connectivity index (χ1n) is 8.75. The third-order valence-electron chi connectivity index (χ3n) is 4.70. The number of carbonyl (C=O) groups excluding carboxylic acids is 2. The molecule has 3 rings (SSSR count). The number of phenolic OH excluding ortho intramolecular Hbond substituents is 3. The van der Waals surface area contributed by atoms with Crippen molar-refractivity contribution >= 4 is 23.7 Å². The van der Waals surface area contributed by atoms with Gasteiger partial charge in [0.25, 0.3) is 5.69 Å². The lowest BCUT2D eigenvalue weighted by Gasteiger charge is -2.18. The van der Waals surface area contributed by atoms with Crippen LogP contribution in [0.3, 0.4) is 0 Å². The number of hydrogen-bond donors (Lipinski definition) is 3. The predicted octanol–water partition coefficient (Wildman–Crippen LogP) is 2.29. The Morgan fingerprint density at radius 2 is 1.71 bits per heavy atom. The minimum Gasteiger partial charge on any atom is -0.504 e. The van der Waals surface area contributed by atoms with Crippen molar-refractivity contribution in [3.05, 3.63) is 57.1 Å². The molecule has 0 bridgehead atoms. The van der Waals surface area contributed by atoms with Gasteiger partial charge in [-0.2, -0.15) is 0 Å². The van der Waals surface area contributed by atoms with Crippen molar-refractivity contribution in [3.8, 4) is 23.0 Å². The second-order valence-corrected chi connectivity index (χ2v) is 6.51. The van der Waals surface area contributed by atoms with Gasteiger partial charge in [0.05, 0.1) is 30.8 Å². The second kappa shape index (κ2) is 8.22. The molecule has 162 valence electrons. The molecule has 1 aliphatic rings. The van der Waals surface area contributed by atoms with Crippen molar-refractivity contribution in [2.24, 2.45) is 0 Å². The molecule has 2 atom stereocenters. The van der Waals surface area contributed by atoms with Gasteiger partial charge in [0.15, 0.2) is 23.0 Å². The quantitative estimate of drug-likeness (QED) is 0.210. The average molecular weight is 431 g/mol. The molecule has 31 heavy (non-hydrogen) atoms. The fourth-order valence-electron chi connectivity index (χ4n) is 3.29. The highest BCUT2D eigenvalue weighted by Crippen LogP contribution is 2.53. The van der Waals surface area contributed by atoms with Crippen LogP contribution in [0.15, 0.2) is 30.3 Å². The fourth-order valence-corrected chi connectivity index (χ4v) is 3.29. The van der Waals surface area contributed by atoms with Crippen LogP contribution in [0.25, 0.3) is 6.08 Å². The van der Waals surface area contributed by atoms with Crippen molar-refractivity contribution < 1.29 is 44.0 Å². The molecule has 0 radical (unpaired) electrons. The van der Waals surface area contributed by atoms with Gasteiger partial charge in [0.2, 0.25) is 0 Å². The highest BCUT2D eigenvalue weighted by atomic mass is 16.6. The predicted molar refractivity (Wildman–Crippen MR) is 104 cm³/mol. The van der Waals surface area contributed by atoms with Gasteiger partial charge < -0.3 is 29.5 Å². The molecule has 0 aromatic heterocycles. The Bertz CT molecular complexity index is 1110. The van der Waals surface area contributed by atoms with Gasteiger partial charge in [-0.1, -0.05) is 0 Å². The van der Waals surface area contributed by atoms with E-state index in [0.29, 0.717) is 5.56 Å². The number of fused-ring (bicyclic) bond motifs is 1. The zero-order chi connectivity index (χ0) is 22.9. The molecule has 0 aliphatic carbocycles. The maximum atomic E-state index is 12.6. The molecule has 0 spiro atoms. The zero-order valence-corrected chi connectivity index (χ0v) is 16.3. The number of esters is 2. The Labute approximate surface area is 174 Å². The third-order valence-corrected chi connectivity index (χ3v) is 4.70. The largest absolute Gasteiger partial charge is 0.504 e. The summed E-state index contributed by atoms with van der Waals surface area (Å²) in [6.07, 6.45) is 1.09. The SMILES string of the molecule is COC(=O)/C=C/c1cc(O)c2c(c1)[C@H](C(=O)OC)[C@@H](c1cc(O)c(O)cc1[N+](=O)[O-])O2. The maximum absolute atomic E-state index is 12.6. The molecule has 2 aromatic carbocycles. The number of ether oxygens (including phenoxy) is 3. The molecular formula is C20H17NO10. The molecule has 11 nitrogen and oxygen atoms in total. The van der Waals surface area contributed by atoms with Gasteiger partial charge in [0.1, 0.15) is 12.0 Å². The Kier molecular flexibility index (Phi) is 5.68. The summed E-state index contributed by atoms with van der Waals surface area (Å²) in [5, 5.41) is 41.4. The maximum Gasteiger partial charge on any atom is 0.330 e. The number of benzene rings is 2. The van der Waals surface area contributed by atoms with E-state index in [2.05, 4.69) is 4.74 Å². The molecule has 1 heterocycles. The monoisotopic (exact) mass is 431 g/mol. The lowest BCUT2D eigenvalue weighted by molar-refractivity contribution is -0.386. The van der Waals surface area contributed by atoms with Crippen LogP contribution in [0.4, 0.5) is 5.69 Å². The molecule has 2 aromatic rings. The summed E-state index contributed by atoms with van der Waals surface area (Å²) in [6.45, 7) is 0. The summed E-state index contributed by atoms with van der Waals surface area (Å²) in [5.41, 5.74) is -0.337. The Morgan fingerprint density at radius 3 is 2.32 bits per heavy atom. The van der Waals surface area contributed by atoms with E-state index in [9.17, 15) is 35.0 Å². The molecule has 11 heteroatoms. The summed E-state index contributed by atoms with van der Waals surface area (Å²) in [4.78, 5) is 34.6. The first-order valence-corrected chi connectivity index (χ1v) is 8.75. The van der Waals surface area contributed by atoms with Gasteiger partial charge in [-0.05, 0) is 29.8 Å². The lowest BCUT2D eigenvalue weighted by Crippen LogP contribution is -2.21. The first kappa shape index (κ1) is 21.4. The number of hydrogen-bond acceptors (Lipinski definition) is 10. The minimum absolute atomic E-state index is 0.113. The van der Waals surface area contributed by atoms with Crippen LogP contribution in [-0.2, 0) is 19.1 Å². The summed E-state index contributed by atoms with van der Waals surface area (Å²) < 4.78 is 15.0. The first-order chi connectivity index (χ1) is 14.7. The second-order valence-electron chi connectivity index (χ2n) is 6.51. The lowest BCUT2D eigenvalue weighted by atomic mass is 9.89. The Morgan fingerprint density at radius 1 is 1.03 bits per heavy atom. The van der Waals surface area contributed by atoms with E-state index in [1.807, 2.05) is 0 Å². The van der Waals surface area contributed by atoms with Crippen molar-refractivity contribution in [1.82, 2.24) is 0 Å². The smallest absolute Gasteiger partial charge is 0.330 e. The molecule has 3 N–H and O–H groups in total. The molecule has 0 saturated carbocycles. The van der Waals surface area contributed by atoms with E-state index in [0.717, 1.165) is 25.3 Å². The Hall–Kier alpha value is -4.28. The van der Waals surface area contributed by atoms with Crippen LogP contribution in [0.5, 0.6) is 23.0 Å². The number of carbonyl (C=O) groups is 2. The summed E-state index contributed by atoms with van der Waals surface area (Å²) in [6, 6.07) is 4.35. The van der Waals surface area contributed by atoms with E-state index in [1.54, 1.807) is 0 Å². The molecule has 1 aliphatic heterocycles. The van der Waals surface area contributed by atoms with E-state index in [1.165, 1.54) is 25.3 Å². The van der Waals surface area contributed by atoms with Crippen LogP contribution in [0.1, 0.15) is 28.7 Å². The third kappa shape index (κ3) is 3.92. The zero-order valence-electron chi connectivity index (χ0n) is 16.3. The molecule has 0 saturated heterocycles. The van der Waals surface area contributed by atoms with Crippen LogP contribution in [0, 0.1) is 10.1 Å². The fraction of sp³-hybridized carbons (Fsp3) is 0.200. The molecule has 0 amide bonds. The number of aromatic hydroxyl groups is 3. The minimum atomic E-state index is -1.35. The molecular weight excluding hydrogens is 414 g/mol. The topological polar surface area (TPSA) is 166 Å². The molecule has 0 unspecified atom stereocenters. The van der Waals surface area contributed by atoms with Crippen molar-refractivity contribution in [3.63, 3.8) is 0 Å². The van der Waals surface area contributed by atoms with Gasteiger partial charge in [-0.3, -0.25) is 14.9 Å². The Balaban J connectivity index is 2.16. The van der Waals surface area contributed by atoms with Gasteiger partial charge in [0, 0.05) is 11.6 Å². The normalized spacial score (nSPS) is 17.1. The van der Waals surface area contributed by atoms with Crippen molar-refractivity contribution in [2.45, 2.75) is 12.0 Å². The van der Waals surface area contributed by atoms with Gasteiger partial charge in [-0.25, -0.2) is 4.79 Å². The van der Waals surface area contributed by atoms with Crippen LogP contribution < -0.4 is 4.74 Å². The van der Waals surface area contributed by atoms with Crippen LogP contribution >= 0.6 is 0 Å². The summed E-state index contributed by atoms with van der Waals surface area (Å²) >= 11 is 0. The van der Waals surface area contributed by atoms with Gasteiger partial charge in [-0.15, -0.1) is 0 Å². The van der Waals surface area contributed by atoms with Crippen LogP contribution in [0.2, 0.25) is 0 Å². The van der Waals surface area contributed by atoms with E-state index >= 15 is 0 Å². The standard InChI is InChI=1S/C20H17NO10/c1-29-16(25)4-3-9-5-11-17(20(26)30-2)19(31-18(11)15(24)6-9)10-7-13(22)14(23)8-12(10)21(27)28/h3-8,17,19,22-24H,1-2H3/b4-3+/t17-,19+/m0/s1. The van der Waals surface area contributed by atoms with E-state index in [4.69, 9.17) is 9.47 Å². The van der Waals surface area contributed by atoms with Gasteiger partial charge >= 0.3 is 11.9 Å². The van der Waals surface area contributed by atoms with E-state index in [-0.39, 0.29) is 22.6 Å². The van der Waals surface area contributed by atoms with Crippen molar-refractivity contribution in [1.29, 1.82) is 0 Å². The number of nitro benzene ring substituents is 1. The van der Waals surface area contributed by atoms with Crippen molar-refractivity contribution in [2.75, 3.05) is 14.2 Å². The average Bonchev–Trinajstić information content (AvgIpc) is 3.12. The summed E-state index contributed by atoms with van der Waals surface area (Å²) in [5.74, 6) is -4.59. The van der Waals surface area contributed by atoms with Crippen LogP contribution in [-0.4, -0.2) is 46.4 Å². The highest BCUT2D eigenvalue weighted by Gasteiger charge is 2.46. The highest BCUT2D eigenvalue weighted by molar-refractivity contribution is 5.88. The number of nitro groups is 1.